The first-order chi connectivity index (χ1) is 6.54. The molecule has 0 atom stereocenters. The van der Waals surface area contributed by atoms with Crippen LogP contribution in [-0.4, -0.2) is 28.6 Å². The van der Waals surface area contributed by atoms with Gasteiger partial charge in [0.1, 0.15) is 12.4 Å². The van der Waals surface area contributed by atoms with Crippen molar-refractivity contribution >= 4 is 11.8 Å². The normalized spacial score (nSPS) is 9.86. The van der Waals surface area contributed by atoms with E-state index in [1.54, 1.807) is 0 Å². The SMILES string of the molecule is O=C(O)c1cc(F)cc(C(=O)CO)c1. The maximum Gasteiger partial charge on any atom is 0.335 e. The van der Waals surface area contributed by atoms with Crippen LogP contribution in [0.2, 0.25) is 0 Å². The van der Waals surface area contributed by atoms with Gasteiger partial charge in [-0.15, -0.1) is 0 Å². The van der Waals surface area contributed by atoms with Gasteiger partial charge in [-0.2, -0.15) is 0 Å². The molecule has 0 aliphatic heterocycles. The van der Waals surface area contributed by atoms with Gasteiger partial charge in [-0.05, 0) is 18.2 Å². The Kier molecular flexibility index (Phi) is 2.93. The number of aromatic carboxylic acids is 1. The Balaban J connectivity index is 3.20. The lowest BCUT2D eigenvalue weighted by molar-refractivity contribution is 0.0696. The summed E-state index contributed by atoms with van der Waals surface area (Å²) in [4.78, 5) is 21.4. The number of aliphatic hydroxyl groups is 1. The monoisotopic (exact) mass is 198 g/mol. The molecule has 0 fully saturated rings. The molecule has 1 aromatic carbocycles. The molecule has 1 aromatic rings. The molecule has 1 rings (SSSR count). The van der Waals surface area contributed by atoms with Crippen molar-refractivity contribution in [2.75, 3.05) is 6.61 Å². The second kappa shape index (κ2) is 3.97. The van der Waals surface area contributed by atoms with Crippen molar-refractivity contribution in [2.45, 2.75) is 0 Å². The molecule has 0 saturated carbocycles. The van der Waals surface area contributed by atoms with Gasteiger partial charge < -0.3 is 10.2 Å². The first-order valence-electron chi connectivity index (χ1n) is 3.72. The number of carbonyl (C=O) groups is 2. The maximum atomic E-state index is 12.8. The molecule has 14 heavy (non-hydrogen) atoms. The molecule has 0 bridgehead atoms. The predicted molar refractivity (Wildman–Crippen MR) is 44.8 cm³/mol. The summed E-state index contributed by atoms with van der Waals surface area (Å²) >= 11 is 0. The number of hydrogen-bond donors (Lipinski definition) is 2. The second-order valence-corrected chi connectivity index (χ2v) is 2.62. The number of hydrogen-bond acceptors (Lipinski definition) is 3. The Morgan fingerprint density at radius 2 is 1.79 bits per heavy atom. The van der Waals surface area contributed by atoms with Crippen molar-refractivity contribution in [1.29, 1.82) is 0 Å². The molecule has 0 aliphatic rings. The van der Waals surface area contributed by atoms with Crippen LogP contribution in [0.1, 0.15) is 20.7 Å². The van der Waals surface area contributed by atoms with Gasteiger partial charge in [0.05, 0.1) is 5.56 Å². The van der Waals surface area contributed by atoms with E-state index >= 15 is 0 Å². The van der Waals surface area contributed by atoms with Crippen molar-refractivity contribution in [3.05, 3.63) is 35.1 Å². The van der Waals surface area contributed by atoms with Crippen LogP contribution in [-0.2, 0) is 0 Å². The average molecular weight is 198 g/mol. The highest BCUT2D eigenvalue weighted by molar-refractivity contribution is 5.99. The van der Waals surface area contributed by atoms with Crippen LogP contribution in [0.25, 0.3) is 0 Å². The summed E-state index contributed by atoms with van der Waals surface area (Å²) in [5.41, 5.74) is -0.466. The predicted octanol–water partition coefficient (Wildman–Crippen LogP) is 0.699. The Morgan fingerprint density at radius 1 is 1.21 bits per heavy atom. The summed E-state index contributed by atoms with van der Waals surface area (Å²) in [6.45, 7) is -0.775. The van der Waals surface area contributed by atoms with Crippen LogP contribution in [0.5, 0.6) is 0 Å². The second-order valence-electron chi connectivity index (χ2n) is 2.62. The first kappa shape index (κ1) is 10.3. The highest BCUT2D eigenvalue weighted by Gasteiger charge is 2.11. The Bertz CT molecular complexity index is 386. The van der Waals surface area contributed by atoms with Gasteiger partial charge in [-0.3, -0.25) is 4.79 Å². The summed E-state index contributed by atoms with van der Waals surface area (Å²) in [6, 6.07) is 2.70. The van der Waals surface area contributed by atoms with Gasteiger partial charge in [-0.1, -0.05) is 0 Å². The molecule has 0 amide bonds. The fourth-order valence-electron chi connectivity index (χ4n) is 0.965. The van der Waals surface area contributed by atoms with Crippen LogP contribution >= 0.6 is 0 Å². The topological polar surface area (TPSA) is 74.6 Å². The average Bonchev–Trinajstić information content (AvgIpc) is 2.15. The molecular formula is C9H7FO4. The third-order valence-corrected chi connectivity index (χ3v) is 1.61. The number of ketones is 1. The number of carboxylic acids is 1. The quantitative estimate of drug-likeness (QED) is 0.701. The van der Waals surface area contributed by atoms with E-state index in [1.165, 1.54) is 0 Å². The highest BCUT2D eigenvalue weighted by atomic mass is 19.1. The van der Waals surface area contributed by atoms with E-state index in [4.69, 9.17) is 10.2 Å². The molecule has 5 heteroatoms. The summed E-state index contributed by atoms with van der Waals surface area (Å²) in [5.74, 6) is -2.86. The molecule has 0 heterocycles. The summed E-state index contributed by atoms with van der Waals surface area (Å²) < 4.78 is 12.8. The molecular weight excluding hydrogens is 191 g/mol. The number of carbonyl (C=O) groups excluding carboxylic acids is 1. The molecule has 0 radical (unpaired) electrons. The van der Waals surface area contributed by atoms with Crippen LogP contribution < -0.4 is 0 Å². The van der Waals surface area contributed by atoms with Crippen molar-refractivity contribution in [3.8, 4) is 0 Å². The zero-order valence-corrected chi connectivity index (χ0v) is 7.03. The highest BCUT2D eigenvalue weighted by Crippen LogP contribution is 2.09. The van der Waals surface area contributed by atoms with Crippen LogP contribution in [0.15, 0.2) is 18.2 Å². The van der Waals surface area contributed by atoms with E-state index in [0.29, 0.717) is 0 Å². The molecule has 4 nitrogen and oxygen atoms in total. The third-order valence-electron chi connectivity index (χ3n) is 1.61. The Hall–Kier alpha value is -1.75. The minimum atomic E-state index is -1.32. The molecule has 0 unspecified atom stereocenters. The van der Waals surface area contributed by atoms with E-state index in [2.05, 4.69) is 0 Å². The summed E-state index contributed by atoms with van der Waals surface area (Å²) in [5, 5.41) is 17.0. The fourth-order valence-corrected chi connectivity index (χ4v) is 0.965. The smallest absolute Gasteiger partial charge is 0.335 e. The van der Waals surface area contributed by atoms with Gasteiger partial charge in [-0.25, -0.2) is 9.18 Å². The van der Waals surface area contributed by atoms with Gasteiger partial charge in [0.25, 0.3) is 0 Å². The van der Waals surface area contributed by atoms with E-state index in [9.17, 15) is 14.0 Å². The molecule has 2 N–H and O–H groups in total. The van der Waals surface area contributed by atoms with E-state index < -0.39 is 24.2 Å². The molecule has 0 spiro atoms. The first-order valence-corrected chi connectivity index (χ1v) is 3.72. The number of aliphatic hydroxyl groups excluding tert-OH is 1. The number of Topliss-reactive ketones (excluding diaryl/α,β-unsaturated/α-hetero) is 1. The Morgan fingerprint density at radius 3 is 2.29 bits per heavy atom. The minimum absolute atomic E-state index is 0.148. The van der Waals surface area contributed by atoms with Crippen LogP contribution in [0.3, 0.4) is 0 Å². The molecule has 74 valence electrons. The van der Waals surface area contributed by atoms with Gasteiger partial charge in [0.15, 0.2) is 5.78 Å². The zero-order chi connectivity index (χ0) is 10.7. The molecule has 0 aliphatic carbocycles. The number of rotatable bonds is 3. The van der Waals surface area contributed by atoms with E-state index in [1.807, 2.05) is 0 Å². The van der Waals surface area contributed by atoms with Crippen molar-refractivity contribution < 1.29 is 24.2 Å². The number of carboxylic acid groups (broad SMARTS) is 1. The largest absolute Gasteiger partial charge is 0.478 e. The minimum Gasteiger partial charge on any atom is -0.478 e. The van der Waals surface area contributed by atoms with Crippen LogP contribution in [0.4, 0.5) is 4.39 Å². The summed E-state index contributed by atoms with van der Waals surface area (Å²) in [6.07, 6.45) is 0. The van der Waals surface area contributed by atoms with Gasteiger partial charge in [0.2, 0.25) is 0 Å². The maximum absolute atomic E-state index is 12.8. The standard InChI is InChI=1S/C9H7FO4/c10-7-2-5(8(12)4-11)1-6(3-7)9(13)14/h1-3,11H,4H2,(H,13,14). The fraction of sp³-hybridized carbons (Fsp3) is 0.111. The van der Waals surface area contributed by atoms with Crippen molar-refractivity contribution in [1.82, 2.24) is 0 Å². The lowest BCUT2D eigenvalue weighted by Crippen LogP contribution is -2.07. The number of benzene rings is 1. The van der Waals surface area contributed by atoms with E-state index in [-0.39, 0.29) is 11.1 Å². The lowest BCUT2D eigenvalue weighted by Gasteiger charge is -2.00. The van der Waals surface area contributed by atoms with Gasteiger partial charge in [0, 0.05) is 5.56 Å². The summed E-state index contributed by atoms with van der Waals surface area (Å²) in [7, 11) is 0. The van der Waals surface area contributed by atoms with Crippen molar-refractivity contribution in [2.24, 2.45) is 0 Å². The van der Waals surface area contributed by atoms with Crippen molar-refractivity contribution in [3.63, 3.8) is 0 Å². The Labute approximate surface area is 78.6 Å². The lowest BCUT2D eigenvalue weighted by atomic mass is 10.1. The number of halogens is 1. The van der Waals surface area contributed by atoms with E-state index in [0.717, 1.165) is 18.2 Å². The van der Waals surface area contributed by atoms with Crippen LogP contribution in [0, 0.1) is 5.82 Å². The zero-order valence-electron chi connectivity index (χ0n) is 7.03. The molecule has 0 saturated heterocycles. The molecule has 0 aromatic heterocycles. The van der Waals surface area contributed by atoms with Gasteiger partial charge >= 0.3 is 5.97 Å². The third kappa shape index (κ3) is 2.14.